The van der Waals surface area contributed by atoms with E-state index in [0.29, 0.717) is 24.7 Å². The topological polar surface area (TPSA) is 74.8 Å². The smallest absolute Gasteiger partial charge is 0.242 e. The van der Waals surface area contributed by atoms with Crippen LogP contribution in [0.3, 0.4) is 0 Å². The number of carbonyl (C=O) groups excluding carboxylic acids is 2. The predicted molar refractivity (Wildman–Crippen MR) is 92.2 cm³/mol. The molecule has 0 spiro atoms. The summed E-state index contributed by atoms with van der Waals surface area (Å²) in [6, 6.07) is 5.36. The first-order valence-corrected chi connectivity index (χ1v) is 10.7. The molecule has 2 aliphatic rings. The summed E-state index contributed by atoms with van der Waals surface area (Å²) in [5.41, 5.74) is 0. The van der Waals surface area contributed by atoms with Crippen molar-refractivity contribution in [2.24, 2.45) is 0 Å². The van der Waals surface area contributed by atoms with Crippen molar-refractivity contribution in [3.05, 3.63) is 30.1 Å². The van der Waals surface area contributed by atoms with E-state index in [2.05, 4.69) is 0 Å². The second-order valence-corrected chi connectivity index (χ2v) is 9.28. The lowest BCUT2D eigenvalue weighted by Gasteiger charge is -2.32. The van der Waals surface area contributed by atoms with Gasteiger partial charge in [-0.15, -0.1) is 11.8 Å². The number of amides is 2. The van der Waals surface area contributed by atoms with Crippen molar-refractivity contribution < 1.29 is 22.4 Å². The molecule has 0 saturated carbocycles. The third kappa shape index (κ3) is 3.82. The Hall–Kier alpha value is -1.61. The minimum atomic E-state index is -3.75. The molecule has 0 radical (unpaired) electrons. The van der Waals surface area contributed by atoms with Crippen molar-refractivity contribution in [2.75, 3.05) is 31.3 Å². The molecule has 0 bridgehead atoms. The second-order valence-electron chi connectivity index (χ2n) is 6.12. The summed E-state index contributed by atoms with van der Waals surface area (Å²) in [5, 5.41) is -0.697. The number of hydrogen-bond acceptors (Lipinski definition) is 5. The Morgan fingerprint density at radius 1 is 1.24 bits per heavy atom. The molecule has 0 aromatic heterocycles. The van der Waals surface area contributed by atoms with Crippen LogP contribution in [0.1, 0.15) is 12.8 Å². The maximum absolute atomic E-state index is 13.8. The zero-order valence-corrected chi connectivity index (χ0v) is 15.2. The van der Waals surface area contributed by atoms with E-state index < -0.39 is 20.9 Å². The highest BCUT2D eigenvalue weighted by molar-refractivity contribution is 8.00. The number of benzene rings is 1. The first-order valence-electron chi connectivity index (χ1n) is 8.01. The van der Waals surface area contributed by atoms with Gasteiger partial charge in [0.05, 0.1) is 16.9 Å². The summed E-state index contributed by atoms with van der Waals surface area (Å²) in [5.74, 6) is -0.0436. The van der Waals surface area contributed by atoms with Crippen LogP contribution in [-0.2, 0) is 19.4 Å². The first-order chi connectivity index (χ1) is 11.9. The van der Waals surface area contributed by atoms with Crippen molar-refractivity contribution in [3.8, 4) is 0 Å². The molecule has 2 fully saturated rings. The number of piperidine rings is 1. The van der Waals surface area contributed by atoms with E-state index in [0.717, 1.165) is 6.07 Å². The Bertz CT molecular complexity index is 776. The fraction of sp³-hybridized carbons (Fsp3) is 0.500. The van der Waals surface area contributed by atoms with Crippen LogP contribution in [0, 0.1) is 5.82 Å². The summed E-state index contributed by atoms with van der Waals surface area (Å²) in [6.45, 7) is 0.634. The number of carbonyl (C=O) groups is 2. The number of likely N-dealkylation sites (tertiary alicyclic amines) is 1. The van der Waals surface area contributed by atoms with Gasteiger partial charge in [0.15, 0.2) is 9.84 Å². The molecule has 2 saturated heterocycles. The normalized spacial score (nSPS) is 19.5. The van der Waals surface area contributed by atoms with Crippen LogP contribution in [0.15, 0.2) is 29.2 Å². The van der Waals surface area contributed by atoms with Crippen LogP contribution < -0.4 is 0 Å². The minimum Gasteiger partial charge on any atom is -0.341 e. The molecule has 1 aromatic rings. The van der Waals surface area contributed by atoms with Gasteiger partial charge in [-0.1, -0.05) is 12.1 Å². The lowest BCUT2D eigenvalue weighted by molar-refractivity contribution is -0.138. The Labute approximate surface area is 150 Å². The third-order valence-corrected chi connectivity index (χ3v) is 7.77. The summed E-state index contributed by atoms with van der Waals surface area (Å²) in [6.07, 6.45) is 0.538. The molecule has 9 heteroatoms. The molecule has 0 unspecified atom stereocenters. The zero-order chi connectivity index (χ0) is 18.0. The van der Waals surface area contributed by atoms with Crippen LogP contribution in [0.25, 0.3) is 0 Å². The SMILES string of the molecule is O=C(CN1CSCC1=O)N1CCC(S(=O)(=O)c2ccccc2F)CC1. The molecular formula is C16H19FN2O4S2. The monoisotopic (exact) mass is 386 g/mol. The van der Waals surface area contributed by atoms with Crippen LogP contribution >= 0.6 is 11.8 Å². The van der Waals surface area contributed by atoms with Crippen LogP contribution in [0.2, 0.25) is 0 Å². The summed E-state index contributed by atoms with van der Waals surface area (Å²) >= 11 is 1.47. The van der Waals surface area contributed by atoms with Gasteiger partial charge < -0.3 is 9.80 Å². The molecule has 2 heterocycles. The van der Waals surface area contributed by atoms with Crippen molar-refractivity contribution in [3.63, 3.8) is 0 Å². The Morgan fingerprint density at radius 2 is 1.92 bits per heavy atom. The summed E-state index contributed by atoms with van der Waals surface area (Å²) < 4.78 is 39.0. The van der Waals surface area contributed by atoms with E-state index in [1.165, 1.54) is 34.9 Å². The molecule has 136 valence electrons. The summed E-state index contributed by atoms with van der Waals surface area (Å²) in [7, 11) is -3.75. The molecule has 2 amide bonds. The lowest BCUT2D eigenvalue weighted by atomic mass is 10.1. The molecule has 6 nitrogen and oxygen atoms in total. The quantitative estimate of drug-likeness (QED) is 0.775. The van der Waals surface area contributed by atoms with Crippen molar-refractivity contribution in [1.82, 2.24) is 9.80 Å². The highest BCUT2D eigenvalue weighted by atomic mass is 32.2. The van der Waals surface area contributed by atoms with Crippen LogP contribution in [-0.4, -0.2) is 66.5 Å². The third-order valence-electron chi connectivity index (χ3n) is 4.53. The maximum Gasteiger partial charge on any atom is 0.242 e. The van der Waals surface area contributed by atoms with E-state index in [4.69, 9.17) is 0 Å². The van der Waals surface area contributed by atoms with Crippen LogP contribution in [0.5, 0.6) is 0 Å². The standard InChI is InChI=1S/C16H19FN2O4S2/c17-13-3-1-2-4-14(13)25(22,23)12-5-7-18(8-6-12)15(20)9-19-11-24-10-16(19)21/h1-4,12H,5-11H2. The van der Waals surface area contributed by atoms with E-state index in [9.17, 15) is 22.4 Å². The molecule has 25 heavy (non-hydrogen) atoms. The zero-order valence-electron chi connectivity index (χ0n) is 13.6. The van der Waals surface area contributed by atoms with Gasteiger partial charge in [-0.05, 0) is 25.0 Å². The van der Waals surface area contributed by atoms with E-state index >= 15 is 0 Å². The minimum absolute atomic E-state index is 0.0383. The number of sulfone groups is 1. The number of halogens is 1. The van der Waals surface area contributed by atoms with Gasteiger partial charge >= 0.3 is 0 Å². The van der Waals surface area contributed by atoms with E-state index in [1.54, 1.807) is 4.90 Å². The Kier molecular flexibility index (Phi) is 5.33. The van der Waals surface area contributed by atoms with Gasteiger partial charge in [-0.3, -0.25) is 9.59 Å². The molecule has 3 rings (SSSR count). The fourth-order valence-electron chi connectivity index (χ4n) is 3.07. The fourth-order valence-corrected chi connectivity index (χ4v) is 5.78. The maximum atomic E-state index is 13.8. The van der Waals surface area contributed by atoms with Gasteiger partial charge in [-0.2, -0.15) is 0 Å². The second kappa shape index (κ2) is 7.33. The van der Waals surface area contributed by atoms with Gasteiger partial charge in [0.1, 0.15) is 17.3 Å². The molecule has 0 N–H and O–H groups in total. The number of rotatable bonds is 4. The van der Waals surface area contributed by atoms with Gasteiger partial charge in [0.2, 0.25) is 11.8 Å². The highest BCUT2D eigenvalue weighted by Crippen LogP contribution is 2.26. The molecule has 0 aliphatic carbocycles. The lowest BCUT2D eigenvalue weighted by Crippen LogP contribution is -2.46. The highest BCUT2D eigenvalue weighted by Gasteiger charge is 2.35. The average molecular weight is 386 g/mol. The van der Waals surface area contributed by atoms with E-state index in [1.807, 2.05) is 0 Å². The number of nitrogens with zero attached hydrogens (tertiary/aromatic N) is 2. The molecular weight excluding hydrogens is 367 g/mol. The average Bonchev–Trinajstić information content (AvgIpc) is 3.00. The van der Waals surface area contributed by atoms with Crippen molar-refractivity contribution in [1.29, 1.82) is 0 Å². The molecule has 1 aromatic carbocycles. The largest absolute Gasteiger partial charge is 0.341 e. The predicted octanol–water partition coefficient (Wildman–Crippen LogP) is 1.12. The molecule has 0 atom stereocenters. The number of thioether (sulfide) groups is 1. The van der Waals surface area contributed by atoms with Gasteiger partial charge in [0.25, 0.3) is 0 Å². The Balaban J connectivity index is 1.61. The first kappa shape index (κ1) is 18.2. The van der Waals surface area contributed by atoms with Gasteiger partial charge in [0, 0.05) is 13.1 Å². The van der Waals surface area contributed by atoms with Crippen LogP contribution in [0.4, 0.5) is 4.39 Å². The molecule has 2 aliphatic heterocycles. The van der Waals surface area contributed by atoms with Crippen molar-refractivity contribution >= 4 is 33.4 Å². The Morgan fingerprint density at radius 3 is 2.52 bits per heavy atom. The van der Waals surface area contributed by atoms with Gasteiger partial charge in [-0.25, -0.2) is 12.8 Å². The number of hydrogen-bond donors (Lipinski definition) is 0. The summed E-state index contributed by atoms with van der Waals surface area (Å²) in [4.78, 5) is 26.7. The van der Waals surface area contributed by atoms with E-state index in [-0.39, 0.29) is 36.1 Å². The van der Waals surface area contributed by atoms with Crippen molar-refractivity contribution in [2.45, 2.75) is 23.0 Å².